The summed E-state index contributed by atoms with van der Waals surface area (Å²) >= 11 is 0. The van der Waals surface area contributed by atoms with Gasteiger partial charge in [-0.05, 0) is 19.4 Å². The monoisotopic (exact) mass is 294 g/mol. The van der Waals surface area contributed by atoms with E-state index >= 15 is 0 Å². The van der Waals surface area contributed by atoms with Gasteiger partial charge in [0, 0.05) is 13.1 Å². The molecule has 0 saturated carbocycles. The fourth-order valence-electron chi connectivity index (χ4n) is 1.93. The third-order valence-electron chi connectivity index (χ3n) is 2.97. The van der Waals surface area contributed by atoms with Crippen LogP contribution >= 0.6 is 0 Å². The van der Waals surface area contributed by atoms with Crippen LogP contribution in [0.1, 0.15) is 19.3 Å². The van der Waals surface area contributed by atoms with E-state index in [9.17, 15) is 20.1 Å². The van der Waals surface area contributed by atoms with E-state index in [4.69, 9.17) is 15.9 Å². The molecule has 2 unspecified atom stereocenters. The Hall–Kier alpha value is -0.770. The maximum Gasteiger partial charge on any atom is 0.320 e. The maximum absolute atomic E-state index is 11.3. The molecule has 8 heteroatoms. The van der Waals surface area contributed by atoms with E-state index in [1.165, 1.54) is 4.90 Å². The number of unbranched alkanes of at least 4 members (excludes halogenated alkanes) is 1. The average Bonchev–Trinajstić information content (AvgIpc) is 2.42. The molecule has 3 atom stereocenters. The molecule has 0 aliphatic carbocycles. The third kappa shape index (κ3) is 7.73. The van der Waals surface area contributed by atoms with E-state index in [1.807, 2.05) is 0 Å². The van der Waals surface area contributed by atoms with Crippen molar-refractivity contribution in [2.75, 3.05) is 32.8 Å². The summed E-state index contributed by atoms with van der Waals surface area (Å²) in [5, 5.41) is 45.9. The standard InChI is InChI=1S/C12H26N2O6/c13-4-2-1-3-11(12(19)20)14(5-9(17)7-15)6-10(18)8-16/h9-11,15-18H,1-8,13H2,(H,19,20)/t9?,10?,11-/m0/s1. The van der Waals surface area contributed by atoms with Gasteiger partial charge in [0.15, 0.2) is 0 Å². The van der Waals surface area contributed by atoms with Crippen LogP contribution in [0.25, 0.3) is 0 Å². The number of nitrogens with two attached hydrogens (primary N) is 1. The molecule has 0 heterocycles. The summed E-state index contributed by atoms with van der Waals surface area (Å²) in [7, 11) is 0. The second kappa shape index (κ2) is 11.0. The molecule has 0 aliphatic rings. The van der Waals surface area contributed by atoms with Crippen LogP contribution in [0, 0.1) is 0 Å². The highest BCUT2D eigenvalue weighted by atomic mass is 16.4. The molecule has 8 nitrogen and oxygen atoms in total. The lowest BCUT2D eigenvalue weighted by Gasteiger charge is -2.31. The van der Waals surface area contributed by atoms with Gasteiger partial charge >= 0.3 is 5.97 Å². The van der Waals surface area contributed by atoms with E-state index in [2.05, 4.69) is 0 Å². The van der Waals surface area contributed by atoms with Crippen LogP contribution in [0.5, 0.6) is 0 Å². The maximum atomic E-state index is 11.3. The molecule has 0 aromatic rings. The van der Waals surface area contributed by atoms with Gasteiger partial charge < -0.3 is 31.3 Å². The number of aliphatic hydroxyl groups excluding tert-OH is 4. The minimum absolute atomic E-state index is 0.0901. The molecule has 0 rings (SSSR count). The molecule has 0 spiro atoms. The Morgan fingerprint density at radius 3 is 1.90 bits per heavy atom. The van der Waals surface area contributed by atoms with Crippen molar-refractivity contribution < 1.29 is 30.3 Å². The summed E-state index contributed by atoms with van der Waals surface area (Å²) in [6.45, 7) is -0.715. The summed E-state index contributed by atoms with van der Waals surface area (Å²) in [6, 6.07) is -0.899. The van der Waals surface area contributed by atoms with Gasteiger partial charge in [-0.25, -0.2) is 0 Å². The van der Waals surface area contributed by atoms with Crippen LogP contribution in [0.2, 0.25) is 0 Å². The molecule has 0 saturated heterocycles. The molecule has 0 aliphatic heterocycles. The number of nitrogens with zero attached hydrogens (tertiary/aromatic N) is 1. The van der Waals surface area contributed by atoms with E-state index in [0.717, 1.165) is 0 Å². The summed E-state index contributed by atoms with van der Waals surface area (Å²) in [6.07, 6.45) is -0.588. The molecule has 0 amide bonds. The lowest BCUT2D eigenvalue weighted by molar-refractivity contribution is -0.145. The highest BCUT2D eigenvalue weighted by Gasteiger charge is 2.28. The van der Waals surface area contributed by atoms with Crippen molar-refractivity contribution in [2.45, 2.75) is 37.5 Å². The topological polar surface area (TPSA) is 147 Å². The fraction of sp³-hybridized carbons (Fsp3) is 0.917. The zero-order valence-electron chi connectivity index (χ0n) is 11.6. The third-order valence-corrected chi connectivity index (χ3v) is 2.97. The van der Waals surface area contributed by atoms with Crippen molar-refractivity contribution in [1.29, 1.82) is 0 Å². The van der Waals surface area contributed by atoms with Gasteiger partial charge in [-0.15, -0.1) is 0 Å². The fourth-order valence-corrected chi connectivity index (χ4v) is 1.93. The van der Waals surface area contributed by atoms with Crippen molar-refractivity contribution in [3.8, 4) is 0 Å². The van der Waals surface area contributed by atoms with Crippen LogP contribution in [0.15, 0.2) is 0 Å². The number of carboxylic acids is 1. The van der Waals surface area contributed by atoms with Crippen LogP contribution in [-0.4, -0.2) is 87.5 Å². The molecule has 0 aromatic heterocycles. The first kappa shape index (κ1) is 19.2. The summed E-state index contributed by atoms with van der Waals surface area (Å²) < 4.78 is 0. The summed E-state index contributed by atoms with van der Waals surface area (Å²) in [5.74, 6) is -1.07. The number of aliphatic carboxylic acids is 1. The smallest absolute Gasteiger partial charge is 0.320 e. The van der Waals surface area contributed by atoms with Crippen molar-refractivity contribution in [3.05, 3.63) is 0 Å². The van der Waals surface area contributed by atoms with Crippen molar-refractivity contribution in [1.82, 2.24) is 4.90 Å². The Morgan fingerprint density at radius 1 is 1.05 bits per heavy atom. The van der Waals surface area contributed by atoms with E-state index < -0.39 is 37.4 Å². The average molecular weight is 294 g/mol. The minimum Gasteiger partial charge on any atom is -0.480 e. The zero-order chi connectivity index (χ0) is 15.5. The van der Waals surface area contributed by atoms with Crippen LogP contribution in [0.4, 0.5) is 0 Å². The number of rotatable bonds is 12. The van der Waals surface area contributed by atoms with Crippen molar-refractivity contribution >= 4 is 5.97 Å². The Bertz CT molecular complexity index is 254. The molecule has 0 radical (unpaired) electrons. The number of hydrogen-bond acceptors (Lipinski definition) is 7. The van der Waals surface area contributed by atoms with Crippen molar-refractivity contribution in [2.24, 2.45) is 5.73 Å². The molecule has 7 N–H and O–H groups in total. The van der Waals surface area contributed by atoms with Gasteiger partial charge in [0.1, 0.15) is 6.04 Å². The first-order chi connectivity index (χ1) is 9.46. The van der Waals surface area contributed by atoms with Crippen LogP contribution in [-0.2, 0) is 4.79 Å². The Balaban J connectivity index is 4.74. The number of hydrogen-bond donors (Lipinski definition) is 6. The molecular formula is C12H26N2O6. The first-order valence-corrected chi connectivity index (χ1v) is 6.71. The second-order valence-corrected chi connectivity index (χ2v) is 4.77. The van der Waals surface area contributed by atoms with Gasteiger partial charge in [0.25, 0.3) is 0 Å². The SMILES string of the molecule is NCCCC[C@@H](C(=O)O)N(CC(O)CO)CC(O)CO. The number of aliphatic hydroxyl groups is 4. The largest absolute Gasteiger partial charge is 0.480 e. The lowest BCUT2D eigenvalue weighted by atomic mass is 10.1. The molecule has 0 bridgehead atoms. The Kier molecular flexibility index (Phi) is 10.5. The molecule has 0 aromatic carbocycles. The predicted octanol–water partition coefficient (Wildman–Crippen LogP) is -2.42. The van der Waals surface area contributed by atoms with E-state index in [0.29, 0.717) is 25.8 Å². The minimum atomic E-state index is -1.10. The predicted molar refractivity (Wildman–Crippen MR) is 72.1 cm³/mol. The Morgan fingerprint density at radius 2 is 1.55 bits per heavy atom. The quantitative estimate of drug-likeness (QED) is 0.218. The van der Waals surface area contributed by atoms with E-state index in [-0.39, 0.29) is 13.1 Å². The van der Waals surface area contributed by atoms with Gasteiger partial charge in [-0.1, -0.05) is 6.42 Å². The van der Waals surface area contributed by atoms with Gasteiger partial charge in [-0.2, -0.15) is 0 Å². The van der Waals surface area contributed by atoms with Crippen LogP contribution < -0.4 is 5.73 Å². The van der Waals surface area contributed by atoms with Gasteiger partial charge in [0.05, 0.1) is 25.4 Å². The summed E-state index contributed by atoms with van der Waals surface area (Å²) in [4.78, 5) is 12.7. The van der Waals surface area contributed by atoms with Crippen LogP contribution in [0.3, 0.4) is 0 Å². The number of carboxylic acid groups (broad SMARTS) is 1. The zero-order valence-corrected chi connectivity index (χ0v) is 11.6. The molecule has 20 heavy (non-hydrogen) atoms. The van der Waals surface area contributed by atoms with Gasteiger partial charge in [0.2, 0.25) is 0 Å². The molecule has 0 fully saturated rings. The first-order valence-electron chi connectivity index (χ1n) is 6.71. The normalized spacial score (nSPS) is 16.1. The van der Waals surface area contributed by atoms with Gasteiger partial charge in [-0.3, -0.25) is 9.69 Å². The molecular weight excluding hydrogens is 268 g/mol. The van der Waals surface area contributed by atoms with E-state index in [1.54, 1.807) is 0 Å². The second-order valence-electron chi connectivity index (χ2n) is 4.77. The summed E-state index contributed by atoms with van der Waals surface area (Å²) in [5.41, 5.74) is 5.36. The molecule has 120 valence electrons. The lowest BCUT2D eigenvalue weighted by Crippen LogP contribution is -2.49. The highest BCUT2D eigenvalue weighted by Crippen LogP contribution is 2.11. The highest BCUT2D eigenvalue weighted by molar-refractivity contribution is 5.73. The van der Waals surface area contributed by atoms with Crippen molar-refractivity contribution in [3.63, 3.8) is 0 Å². The number of carbonyl (C=O) groups is 1. The Labute approximate surface area is 118 Å².